The van der Waals surface area contributed by atoms with E-state index in [1.165, 1.54) is 12.1 Å². The van der Waals surface area contributed by atoms with Crippen molar-refractivity contribution in [1.82, 2.24) is 15.1 Å². The molecular weight excluding hydrogens is 309 g/mol. The highest BCUT2D eigenvalue weighted by Crippen LogP contribution is 2.22. The monoisotopic (exact) mass is 333 g/mol. The third kappa shape index (κ3) is 3.86. The van der Waals surface area contributed by atoms with Gasteiger partial charge in [-0.15, -0.1) is 0 Å². The molecule has 0 spiro atoms. The maximum atomic E-state index is 12.9. The first-order valence-electron chi connectivity index (χ1n) is 8.58. The topological polar surface area (TPSA) is 52.7 Å². The Kier molecular flexibility index (Phi) is 5.02. The minimum atomic E-state index is -0.376. The van der Waals surface area contributed by atoms with Crippen LogP contribution in [-0.2, 0) is 11.2 Å². The number of halogens is 1. The second-order valence-electron chi connectivity index (χ2n) is 6.81. The summed E-state index contributed by atoms with van der Waals surface area (Å²) in [7, 11) is 1.76. The van der Waals surface area contributed by atoms with Crippen LogP contribution in [0.1, 0.15) is 24.8 Å². The van der Waals surface area contributed by atoms with Crippen molar-refractivity contribution in [3.63, 3.8) is 0 Å². The van der Waals surface area contributed by atoms with Crippen molar-refractivity contribution >= 4 is 11.9 Å². The fourth-order valence-electron chi connectivity index (χ4n) is 3.49. The number of piperidine rings is 1. The Bertz CT molecular complexity index is 597. The SMILES string of the molecule is CN1CC[C@@H](NC(=O)N2CCC(Cc3ccc(F)cc3)CC2)C1=O. The maximum Gasteiger partial charge on any atom is 0.318 e. The van der Waals surface area contributed by atoms with Gasteiger partial charge < -0.3 is 15.1 Å². The Hall–Kier alpha value is -2.11. The first-order valence-corrected chi connectivity index (χ1v) is 8.58. The van der Waals surface area contributed by atoms with E-state index in [2.05, 4.69) is 5.32 Å². The molecule has 0 unspecified atom stereocenters. The molecule has 5 nitrogen and oxygen atoms in total. The molecule has 0 aliphatic carbocycles. The molecule has 6 heteroatoms. The zero-order valence-corrected chi connectivity index (χ0v) is 14.0. The van der Waals surface area contributed by atoms with Crippen LogP contribution in [0.5, 0.6) is 0 Å². The fraction of sp³-hybridized carbons (Fsp3) is 0.556. The number of hydrogen-bond acceptors (Lipinski definition) is 2. The number of nitrogens with zero attached hydrogens (tertiary/aromatic N) is 2. The van der Waals surface area contributed by atoms with Crippen LogP contribution in [0, 0.1) is 11.7 Å². The van der Waals surface area contributed by atoms with Crippen LogP contribution >= 0.6 is 0 Å². The summed E-state index contributed by atoms with van der Waals surface area (Å²) in [6.45, 7) is 2.10. The van der Waals surface area contributed by atoms with Gasteiger partial charge in [0.05, 0.1) is 0 Å². The fourth-order valence-corrected chi connectivity index (χ4v) is 3.49. The van der Waals surface area contributed by atoms with Crippen molar-refractivity contribution in [2.24, 2.45) is 5.92 Å². The van der Waals surface area contributed by atoms with Gasteiger partial charge in [-0.05, 0) is 49.3 Å². The molecule has 0 radical (unpaired) electrons. The summed E-state index contributed by atoms with van der Waals surface area (Å²) in [6.07, 6.45) is 3.47. The maximum absolute atomic E-state index is 12.9. The lowest BCUT2D eigenvalue weighted by Crippen LogP contribution is -2.50. The summed E-state index contributed by atoms with van der Waals surface area (Å²) in [4.78, 5) is 27.6. The normalized spacial score (nSPS) is 22.1. The van der Waals surface area contributed by atoms with E-state index in [1.54, 1.807) is 16.8 Å². The van der Waals surface area contributed by atoms with E-state index in [-0.39, 0.29) is 23.8 Å². The summed E-state index contributed by atoms with van der Waals surface area (Å²) >= 11 is 0. The van der Waals surface area contributed by atoms with Gasteiger partial charge in [0.25, 0.3) is 0 Å². The van der Waals surface area contributed by atoms with Crippen molar-refractivity contribution in [3.05, 3.63) is 35.6 Å². The summed E-state index contributed by atoms with van der Waals surface area (Å²) in [5, 5.41) is 2.85. The van der Waals surface area contributed by atoms with Crippen LogP contribution < -0.4 is 5.32 Å². The number of carbonyl (C=O) groups is 2. The Morgan fingerprint density at radius 1 is 1.17 bits per heavy atom. The van der Waals surface area contributed by atoms with E-state index in [0.717, 1.165) is 24.8 Å². The Labute approximate surface area is 141 Å². The minimum Gasteiger partial charge on any atom is -0.344 e. The highest BCUT2D eigenvalue weighted by Gasteiger charge is 2.32. The molecule has 2 aliphatic rings. The highest BCUT2D eigenvalue weighted by molar-refractivity contribution is 5.88. The third-order valence-corrected chi connectivity index (χ3v) is 5.06. The molecule has 2 heterocycles. The van der Waals surface area contributed by atoms with Crippen molar-refractivity contribution in [2.45, 2.75) is 31.7 Å². The van der Waals surface area contributed by atoms with Gasteiger partial charge >= 0.3 is 6.03 Å². The van der Waals surface area contributed by atoms with Crippen LogP contribution in [-0.4, -0.2) is 54.5 Å². The molecule has 0 aromatic heterocycles. The van der Waals surface area contributed by atoms with Gasteiger partial charge in [-0.25, -0.2) is 9.18 Å². The second-order valence-corrected chi connectivity index (χ2v) is 6.81. The largest absolute Gasteiger partial charge is 0.344 e. The second kappa shape index (κ2) is 7.20. The number of rotatable bonds is 3. The molecule has 130 valence electrons. The van der Waals surface area contributed by atoms with Crippen LogP contribution in [0.15, 0.2) is 24.3 Å². The molecule has 0 saturated carbocycles. The Balaban J connectivity index is 1.45. The van der Waals surface area contributed by atoms with Gasteiger partial charge in [-0.1, -0.05) is 12.1 Å². The Morgan fingerprint density at radius 2 is 1.83 bits per heavy atom. The smallest absolute Gasteiger partial charge is 0.318 e. The van der Waals surface area contributed by atoms with Crippen LogP contribution in [0.3, 0.4) is 0 Å². The average molecular weight is 333 g/mol. The molecule has 0 bridgehead atoms. The quantitative estimate of drug-likeness (QED) is 0.920. The summed E-state index contributed by atoms with van der Waals surface area (Å²) in [6, 6.07) is 6.14. The average Bonchev–Trinajstić information content (AvgIpc) is 2.90. The van der Waals surface area contributed by atoms with Gasteiger partial charge in [-0.3, -0.25) is 4.79 Å². The van der Waals surface area contributed by atoms with Crippen molar-refractivity contribution in [1.29, 1.82) is 0 Å². The van der Waals surface area contributed by atoms with Crippen molar-refractivity contribution < 1.29 is 14.0 Å². The van der Waals surface area contributed by atoms with Crippen LogP contribution in [0.2, 0.25) is 0 Å². The number of likely N-dealkylation sites (N-methyl/N-ethyl adjacent to an activating group) is 1. The lowest BCUT2D eigenvalue weighted by molar-refractivity contribution is -0.128. The van der Waals surface area contributed by atoms with Crippen molar-refractivity contribution in [2.75, 3.05) is 26.7 Å². The number of urea groups is 1. The summed E-state index contributed by atoms with van der Waals surface area (Å²) in [5.74, 6) is 0.297. The van der Waals surface area contributed by atoms with Gasteiger partial charge in [0.1, 0.15) is 11.9 Å². The first kappa shape index (κ1) is 16.7. The lowest BCUT2D eigenvalue weighted by Gasteiger charge is -2.32. The number of carbonyl (C=O) groups excluding carboxylic acids is 2. The minimum absolute atomic E-state index is 0.00505. The lowest BCUT2D eigenvalue weighted by atomic mass is 9.90. The molecule has 3 amide bonds. The number of amides is 3. The molecule has 1 N–H and O–H groups in total. The van der Waals surface area contributed by atoms with Gasteiger partial charge in [-0.2, -0.15) is 0 Å². The third-order valence-electron chi connectivity index (χ3n) is 5.06. The predicted molar refractivity (Wildman–Crippen MR) is 89.0 cm³/mol. The molecule has 3 rings (SSSR count). The molecule has 2 saturated heterocycles. The van der Waals surface area contributed by atoms with E-state index in [4.69, 9.17) is 0 Å². The molecule has 24 heavy (non-hydrogen) atoms. The molecule has 2 fully saturated rings. The van der Waals surface area contributed by atoms with E-state index in [0.29, 0.717) is 32.0 Å². The zero-order valence-electron chi connectivity index (χ0n) is 14.0. The van der Waals surface area contributed by atoms with E-state index >= 15 is 0 Å². The molecule has 1 aromatic carbocycles. The molecule has 1 atom stereocenters. The van der Waals surface area contributed by atoms with Crippen LogP contribution in [0.4, 0.5) is 9.18 Å². The van der Waals surface area contributed by atoms with Gasteiger partial charge in [0.2, 0.25) is 5.91 Å². The number of likely N-dealkylation sites (tertiary alicyclic amines) is 2. The number of nitrogens with one attached hydrogen (secondary N) is 1. The van der Waals surface area contributed by atoms with Gasteiger partial charge in [0, 0.05) is 26.7 Å². The molecule has 1 aromatic rings. The summed E-state index contributed by atoms with van der Waals surface area (Å²) < 4.78 is 12.9. The van der Waals surface area contributed by atoms with Gasteiger partial charge in [0.15, 0.2) is 0 Å². The first-order chi connectivity index (χ1) is 11.5. The zero-order chi connectivity index (χ0) is 17.1. The van der Waals surface area contributed by atoms with E-state index < -0.39 is 0 Å². The summed E-state index contributed by atoms with van der Waals surface area (Å²) in [5.41, 5.74) is 1.14. The Morgan fingerprint density at radius 3 is 2.42 bits per heavy atom. The van der Waals surface area contributed by atoms with E-state index in [1.807, 2.05) is 12.1 Å². The molecule has 2 aliphatic heterocycles. The van der Waals surface area contributed by atoms with E-state index in [9.17, 15) is 14.0 Å². The highest BCUT2D eigenvalue weighted by atomic mass is 19.1. The van der Waals surface area contributed by atoms with Crippen molar-refractivity contribution in [3.8, 4) is 0 Å². The number of hydrogen-bond donors (Lipinski definition) is 1. The predicted octanol–water partition coefficient (Wildman–Crippen LogP) is 2.02. The number of benzene rings is 1. The van der Waals surface area contributed by atoms with Crippen LogP contribution in [0.25, 0.3) is 0 Å². The standard InChI is InChI=1S/C18H24FN3O2/c1-21-9-8-16(17(21)23)20-18(24)22-10-6-14(7-11-22)12-13-2-4-15(19)5-3-13/h2-5,14,16H,6-12H2,1H3,(H,20,24)/t16-/m1/s1. The molecular formula is C18H24FN3O2.